The summed E-state index contributed by atoms with van der Waals surface area (Å²) in [6.07, 6.45) is 3.59. The minimum absolute atomic E-state index is 0.00615. The van der Waals surface area contributed by atoms with E-state index in [0.717, 1.165) is 24.3 Å². The van der Waals surface area contributed by atoms with E-state index in [-0.39, 0.29) is 57.3 Å². The van der Waals surface area contributed by atoms with Crippen LogP contribution in [-0.4, -0.2) is 75.0 Å². The predicted octanol–water partition coefficient (Wildman–Crippen LogP) is 5.61. The predicted molar refractivity (Wildman–Crippen MR) is 237 cm³/mol. The zero-order valence-corrected chi connectivity index (χ0v) is 34.5. The summed E-state index contributed by atoms with van der Waals surface area (Å²) in [5.41, 5.74) is 7.86. The van der Waals surface area contributed by atoms with Gasteiger partial charge in [-0.1, -0.05) is 42.5 Å². The molecule has 0 bridgehead atoms. The SMILES string of the molecule is Nc1c(S(=O)(=O)O)cc(Nc2ccc(Nc3nc(Nc4ccccc4)nc(Nc4ccc(NN=C5C=CC(=O)C(C(=O)O)=C5)cc4)n3)c(S(=O)(=O)O)c2)c2c1C(=O)c1ccccc1C2=O. The van der Waals surface area contributed by atoms with Crippen LogP contribution in [0, 0.1) is 0 Å². The molecule has 0 aliphatic heterocycles. The van der Waals surface area contributed by atoms with E-state index in [2.05, 4.69) is 46.7 Å². The number of nitrogen functional groups attached to an aromatic ring is 1. The van der Waals surface area contributed by atoms with E-state index in [9.17, 15) is 50.2 Å². The zero-order valence-electron chi connectivity index (χ0n) is 32.8. The van der Waals surface area contributed by atoms with Gasteiger partial charge in [0, 0.05) is 28.2 Å². The van der Waals surface area contributed by atoms with E-state index < -0.39 is 70.2 Å². The molecule has 0 radical (unpaired) electrons. The topological polar surface area (TPSA) is 334 Å². The lowest BCUT2D eigenvalue weighted by Gasteiger charge is -2.24. The Morgan fingerprint density at radius 2 is 1.12 bits per heavy atom. The van der Waals surface area contributed by atoms with Crippen molar-refractivity contribution >= 4 is 107 Å². The number of benzene rings is 5. The monoisotopic (exact) mass is 914 g/mol. The molecular formula is C42H30N10O11S2. The highest BCUT2D eigenvalue weighted by Crippen LogP contribution is 2.41. The minimum Gasteiger partial charge on any atom is -0.478 e. The molecule has 21 nitrogen and oxygen atoms in total. The van der Waals surface area contributed by atoms with Crippen molar-refractivity contribution in [3.8, 4) is 0 Å². The second-order valence-corrected chi connectivity index (χ2v) is 16.7. The number of carbonyl (C=O) groups is 4. The number of rotatable bonds is 13. The highest BCUT2D eigenvalue weighted by atomic mass is 32.2. The van der Waals surface area contributed by atoms with Crippen LogP contribution in [0.4, 0.5) is 57.7 Å². The first kappa shape index (κ1) is 43.0. The number of anilines is 10. The average Bonchev–Trinajstić information content (AvgIpc) is 3.26. The molecule has 0 saturated heterocycles. The van der Waals surface area contributed by atoms with Crippen LogP contribution < -0.4 is 32.4 Å². The highest BCUT2D eigenvalue weighted by Gasteiger charge is 2.36. The van der Waals surface area contributed by atoms with Crippen molar-refractivity contribution in [2.75, 3.05) is 32.4 Å². The Kier molecular flexibility index (Phi) is 11.2. The number of carbonyl (C=O) groups excluding carboxylic acids is 3. The van der Waals surface area contributed by atoms with Gasteiger partial charge in [-0.15, -0.1) is 0 Å². The molecule has 10 N–H and O–H groups in total. The second kappa shape index (κ2) is 16.9. The van der Waals surface area contributed by atoms with Crippen molar-refractivity contribution < 1.29 is 50.2 Å². The second-order valence-electron chi connectivity index (χ2n) is 13.9. The van der Waals surface area contributed by atoms with E-state index in [1.807, 2.05) is 0 Å². The third kappa shape index (κ3) is 9.13. The molecule has 0 atom stereocenters. The van der Waals surface area contributed by atoms with Gasteiger partial charge in [-0.3, -0.25) is 28.9 Å². The number of aromatic nitrogens is 3. The Bertz CT molecular complexity index is 3340. The van der Waals surface area contributed by atoms with Gasteiger partial charge in [-0.2, -0.15) is 36.9 Å². The Balaban J connectivity index is 1.10. The zero-order chi connectivity index (χ0) is 46.2. The summed E-state index contributed by atoms with van der Waals surface area (Å²) in [7, 11) is -10.1. The van der Waals surface area contributed by atoms with Gasteiger partial charge in [-0.25, -0.2) is 4.79 Å². The Hall–Kier alpha value is -8.64. The number of hydrogen-bond donors (Lipinski definition) is 9. The van der Waals surface area contributed by atoms with Gasteiger partial charge >= 0.3 is 5.97 Å². The maximum Gasteiger partial charge on any atom is 0.339 e. The molecule has 2 aliphatic carbocycles. The molecule has 1 heterocycles. The van der Waals surface area contributed by atoms with Crippen LogP contribution in [0.5, 0.6) is 0 Å². The summed E-state index contributed by atoms with van der Waals surface area (Å²) >= 11 is 0. The fourth-order valence-electron chi connectivity index (χ4n) is 6.63. The van der Waals surface area contributed by atoms with Crippen LogP contribution in [0.3, 0.4) is 0 Å². The van der Waals surface area contributed by atoms with E-state index in [0.29, 0.717) is 17.1 Å². The molecule has 2 aliphatic rings. The summed E-state index contributed by atoms with van der Waals surface area (Å²) in [6, 6.07) is 25.3. The number of nitrogens with one attached hydrogen (secondary N) is 5. The Morgan fingerprint density at radius 1 is 0.585 bits per heavy atom. The van der Waals surface area contributed by atoms with Gasteiger partial charge < -0.3 is 32.1 Å². The Labute approximate surface area is 367 Å². The molecule has 65 heavy (non-hydrogen) atoms. The molecule has 23 heteroatoms. The largest absolute Gasteiger partial charge is 0.478 e. The summed E-state index contributed by atoms with van der Waals surface area (Å²) in [5, 5.41) is 24.9. The molecule has 0 unspecified atom stereocenters. The molecule has 8 rings (SSSR count). The van der Waals surface area contributed by atoms with Gasteiger partial charge in [0.25, 0.3) is 20.2 Å². The van der Waals surface area contributed by atoms with E-state index >= 15 is 0 Å². The number of aliphatic carboxylic acids is 1. The summed E-state index contributed by atoms with van der Waals surface area (Å²) < 4.78 is 71.1. The number of carboxylic acid groups (broad SMARTS) is 1. The van der Waals surface area contributed by atoms with Crippen LogP contribution in [-0.2, 0) is 29.8 Å². The Morgan fingerprint density at radius 3 is 1.72 bits per heavy atom. The lowest BCUT2D eigenvalue weighted by Crippen LogP contribution is -2.25. The molecule has 1 aromatic heterocycles. The number of nitrogens with zero attached hydrogens (tertiary/aromatic N) is 4. The summed E-state index contributed by atoms with van der Waals surface area (Å²) in [4.78, 5) is 62.1. The highest BCUT2D eigenvalue weighted by molar-refractivity contribution is 7.86. The third-order valence-electron chi connectivity index (χ3n) is 9.58. The molecule has 5 aromatic carbocycles. The number of nitrogens with two attached hydrogens (primary N) is 1. The number of allylic oxidation sites excluding steroid dienone is 3. The van der Waals surface area contributed by atoms with Crippen LogP contribution in [0.2, 0.25) is 0 Å². The van der Waals surface area contributed by atoms with Crippen LogP contribution >= 0.6 is 0 Å². The first-order valence-corrected chi connectivity index (χ1v) is 21.6. The lowest BCUT2D eigenvalue weighted by atomic mass is 9.82. The molecule has 326 valence electrons. The lowest BCUT2D eigenvalue weighted by molar-refractivity contribution is -0.134. The van der Waals surface area contributed by atoms with Crippen molar-refractivity contribution in [2.45, 2.75) is 9.79 Å². The molecule has 0 fully saturated rings. The average molecular weight is 915 g/mol. The number of hydrazone groups is 1. The fraction of sp³-hybridized carbons (Fsp3) is 0. The van der Waals surface area contributed by atoms with Crippen molar-refractivity contribution in [2.24, 2.45) is 5.10 Å². The molecule has 0 saturated carbocycles. The van der Waals surface area contributed by atoms with Gasteiger partial charge in [-0.05, 0) is 78.9 Å². The first-order valence-electron chi connectivity index (χ1n) is 18.7. The van der Waals surface area contributed by atoms with Crippen molar-refractivity contribution in [1.29, 1.82) is 0 Å². The van der Waals surface area contributed by atoms with Crippen molar-refractivity contribution in [3.63, 3.8) is 0 Å². The maximum atomic E-state index is 13.8. The molecular weight excluding hydrogens is 885 g/mol. The van der Waals surface area contributed by atoms with Gasteiger partial charge in [0.2, 0.25) is 17.8 Å². The normalized spacial score (nSPS) is 14.0. The molecule has 0 amide bonds. The van der Waals surface area contributed by atoms with Crippen LogP contribution in [0.1, 0.15) is 31.8 Å². The molecule has 0 spiro atoms. The quantitative estimate of drug-likeness (QED) is 0.0223. The number of ketones is 3. The van der Waals surface area contributed by atoms with E-state index in [1.165, 1.54) is 42.5 Å². The van der Waals surface area contributed by atoms with Gasteiger partial charge in [0.05, 0.1) is 39.6 Å². The maximum absolute atomic E-state index is 13.8. The third-order valence-corrected chi connectivity index (χ3v) is 11.4. The van der Waals surface area contributed by atoms with Crippen LogP contribution in [0.15, 0.2) is 142 Å². The van der Waals surface area contributed by atoms with E-state index in [4.69, 9.17) is 5.73 Å². The smallest absolute Gasteiger partial charge is 0.339 e. The van der Waals surface area contributed by atoms with Gasteiger partial charge in [0.15, 0.2) is 17.3 Å². The van der Waals surface area contributed by atoms with Crippen molar-refractivity contribution in [1.82, 2.24) is 15.0 Å². The number of hydrogen-bond acceptors (Lipinski definition) is 18. The summed E-state index contributed by atoms with van der Waals surface area (Å²) in [5.74, 6) is -3.82. The van der Waals surface area contributed by atoms with E-state index in [1.54, 1.807) is 54.6 Å². The fourth-order valence-corrected chi connectivity index (χ4v) is 7.95. The number of carboxylic acids is 1. The summed E-state index contributed by atoms with van der Waals surface area (Å²) in [6.45, 7) is 0. The van der Waals surface area contributed by atoms with Crippen molar-refractivity contribution in [3.05, 3.63) is 149 Å². The number of para-hydroxylation sites is 1. The first-order chi connectivity index (χ1) is 30.9. The van der Waals surface area contributed by atoms with Crippen LogP contribution in [0.25, 0.3) is 0 Å². The molecule has 6 aromatic rings. The standard InChI is InChI=1S/C42H30N10O11S2/c43-36-33(65(61,62)63)20-30(34-35(36)38(55)27-9-5-4-8-26(27)37(34)54)44-24-14-16-29(32(19-24)64(58,59)60)47-42-49-40(45-21-6-2-1-3-7-21)48-41(50-42)46-22-10-12-23(13-11-22)51-52-25-15-17-31(53)28(18-25)39(56)57/h1-20,44,51H,43H2,(H,56,57)(H,58,59,60)(H,61,62,63)(H3,45,46,47,48,49,50). The van der Waals surface area contributed by atoms with Gasteiger partial charge in [0.1, 0.15) is 15.4 Å². The minimum atomic E-state index is -5.07. The number of fused-ring (bicyclic) bond motifs is 2.